The maximum Gasteiger partial charge on any atom is 0.409 e. The summed E-state index contributed by atoms with van der Waals surface area (Å²) in [6.45, 7) is 4.64. The van der Waals surface area contributed by atoms with Gasteiger partial charge in [0.15, 0.2) is 0 Å². The zero-order valence-corrected chi connectivity index (χ0v) is 18.9. The van der Waals surface area contributed by atoms with Crippen LogP contribution in [0, 0.1) is 0 Å². The third-order valence-corrected chi connectivity index (χ3v) is 8.30. The van der Waals surface area contributed by atoms with Crippen molar-refractivity contribution < 1.29 is 17.9 Å². The SMILES string of the molecule is CCS(=O)(=O)n1c(=O)n(C2CCN(C3CCN(C(=O)OC)CC3)CC2)c2ccccc21. The van der Waals surface area contributed by atoms with Gasteiger partial charge in [-0.1, -0.05) is 12.1 Å². The smallest absolute Gasteiger partial charge is 0.409 e. The summed E-state index contributed by atoms with van der Waals surface area (Å²) in [6.07, 6.45) is 3.13. The highest BCUT2D eigenvalue weighted by Gasteiger charge is 2.32. The number of imidazole rings is 1. The number of likely N-dealkylation sites (tertiary alicyclic amines) is 2. The zero-order chi connectivity index (χ0) is 22.2. The second kappa shape index (κ2) is 8.66. The van der Waals surface area contributed by atoms with Gasteiger partial charge < -0.3 is 14.5 Å². The summed E-state index contributed by atoms with van der Waals surface area (Å²) in [4.78, 5) is 29.1. The van der Waals surface area contributed by atoms with Crippen LogP contribution in [0.25, 0.3) is 11.0 Å². The molecule has 9 nitrogen and oxygen atoms in total. The molecule has 2 saturated heterocycles. The fourth-order valence-corrected chi connectivity index (χ4v) is 5.98. The van der Waals surface area contributed by atoms with Crippen LogP contribution in [-0.2, 0) is 14.8 Å². The van der Waals surface area contributed by atoms with Crippen LogP contribution in [0.5, 0.6) is 0 Å². The molecule has 170 valence electrons. The lowest BCUT2D eigenvalue weighted by atomic mass is 9.97. The molecule has 2 aliphatic rings. The highest BCUT2D eigenvalue weighted by molar-refractivity contribution is 7.90. The number of carbonyl (C=O) groups is 1. The molecule has 1 amide bonds. The molecule has 31 heavy (non-hydrogen) atoms. The van der Waals surface area contributed by atoms with Crippen LogP contribution in [0.3, 0.4) is 0 Å². The first-order valence-corrected chi connectivity index (χ1v) is 12.5. The molecule has 10 heteroatoms. The standard InChI is InChI=1S/C21H30N4O5S/c1-3-31(28,29)25-19-7-5-4-6-18(19)24(20(25)26)17-10-12-22(13-11-17)16-8-14-23(15-9-16)21(27)30-2/h4-7,16-17H,3,8-15H2,1-2H3. The van der Waals surface area contributed by atoms with Crippen molar-refractivity contribution in [3.05, 3.63) is 34.7 Å². The average molecular weight is 451 g/mol. The van der Waals surface area contributed by atoms with Crippen molar-refractivity contribution in [1.82, 2.24) is 18.3 Å². The minimum absolute atomic E-state index is 0.0304. The number of nitrogens with zero attached hydrogens (tertiary/aromatic N) is 4. The summed E-state index contributed by atoms with van der Waals surface area (Å²) in [7, 11) is -2.28. The lowest BCUT2D eigenvalue weighted by molar-refractivity contribution is 0.0686. The van der Waals surface area contributed by atoms with E-state index in [1.54, 1.807) is 28.5 Å². The van der Waals surface area contributed by atoms with Crippen molar-refractivity contribution >= 4 is 27.1 Å². The number of aromatic nitrogens is 2. The molecule has 0 saturated carbocycles. The maximum absolute atomic E-state index is 13.2. The van der Waals surface area contributed by atoms with Crippen LogP contribution >= 0.6 is 0 Å². The first kappa shape index (κ1) is 21.9. The summed E-state index contributed by atoms with van der Waals surface area (Å²) in [5.41, 5.74) is 0.661. The van der Waals surface area contributed by atoms with E-state index in [9.17, 15) is 18.0 Å². The Balaban J connectivity index is 1.51. The number of piperidine rings is 2. The Kier molecular flexibility index (Phi) is 6.11. The molecule has 1 aromatic heterocycles. The maximum atomic E-state index is 13.2. The molecule has 0 aliphatic carbocycles. The minimum atomic E-state index is -3.69. The normalized spacial score (nSPS) is 19.7. The quantitative estimate of drug-likeness (QED) is 0.706. The molecule has 0 radical (unpaired) electrons. The Morgan fingerprint density at radius 1 is 1.00 bits per heavy atom. The summed E-state index contributed by atoms with van der Waals surface area (Å²) >= 11 is 0. The Morgan fingerprint density at radius 3 is 2.16 bits per heavy atom. The van der Waals surface area contributed by atoms with E-state index in [2.05, 4.69) is 4.90 Å². The van der Waals surface area contributed by atoms with Gasteiger partial charge in [-0.2, -0.15) is 3.97 Å². The fourth-order valence-electron chi connectivity index (χ4n) is 4.95. The number of carbonyl (C=O) groups excluding carboxylic acids is 1. The van der Waals surface area contributed by atoms with Gasteiger partial charge in [-0.15, -0.1) is 0 Å². The number of rotatable bonds is 4. The van der Waals surface area contributed by atoms with Crippen molar-refractivity contribution in [2.75, 3.05) is 39.0 Å². The number of fused-ring (bicyclic) bond motifs is 1. The van der Waals surface area contributed by atoms with E-state index in [4.69, 9.17) is 4.74 Å². The molecule has 0 unspecified atom stereocenters. The molecule has 2 aliphatic heterocycles. The Labute approximate surface area is 182 Å². The predicted octanol–water partition coefficient (Wildman–Crippen LogP) is 1.87. The van der Waals surface area contributed by atoms with Gasteiger partial charge >= 0.3 is 11.8 Å². The number of para-hydroxylation sites is 2. The minimum Gasteiger partial charge on any atom is -0.453 e. The highest BCUT2D eigenvalue weighted by atomic mass is 32.2. The van der Waals surface area contributed by atoms with E-state index < -0.39 is 15.7 Å². The van der Waals surface area contributed by atoms with Gasteiger partial charge in [0.2, 0.25) is 10.0 Å². The number of hydrogen-bond acceptors (Lipinski definition) is 6. The van der Waals surface area contributed by atoms with E-state index in [1.807, 2.05) is 12.1 Å². The van der Waals surface area contributed by atoms with E-state index in [0.29, 0.717) is 30.2 Å². The lowest BCUT2D eigenvalue weighted by Gasteiger charge is -2.41. The number of benzene rings is 1. The van der Waals surface area contributed by atoms with Crippen LogP contribution in [0.1, 0.15) is 38.6 Å². The largest absolute Gasteiger partial charge is 0.453 e. The molecule has 2 fully saturated rings. The molecule has 4 rings (SSSR count). The molecular formula is C21H30N4O5S. The molecule has 2 aromatic rings. The topological polar surface area (TPSA) is 93.9 Å². The summed E-state index contributed by atoms with van der Waals surface area (Å²) in [6, 6.07) is 7.51. The Bertz CT molecular complexity index is 1110. The highest BCUT2D eigenvalue weighted by Crippen LogP contribution is 2.29. The van der Waals surface area contributed by atoms with Gasteiger partial charge in [0.05, 0.1) is 23.9 Å². The van der Waals surface area contributed by atoms with Crippen LogP contribution in [0.2, 0.25) is 0 Å². The summed E-state index contributed by atoms with van der Waals surface area (Å²) in [5, 5.41) is 0. The van der Waals surface area contributed by atoms with E-state index in [-0.39, 0.29) is 17.9 Å². The molecule has 1 aromatic carbocycles. The van der Waals surface area contributed by atoms with Crippen LogP contribution in [0.15, 0.2) is 29.1 Å². The molecule has 0 bridgehead atoms. The molecule has 0 atom stereocenters. The number of hydrogen-bond donors (Lipinski definition) is 0. The number of amides is 1. The third-order valence-electron chi connectivity index (χ3n) is 6.66. The zero-order valence-electron chi connectivity index (χ0n) is 18.1. The first-order chi connectivity index (χ1) is 14.9. The van der Waals surface area contributed by atoms with Gasteiger partial charge in [-0.05, 0) is 44.7 Å². The summed E-state index contributed by atoms with van der Waals surface area (Å²) < 4.78 is 32.6. The van der Waals surface area contributed by atoms with Crippen molar-refractivity contribution in [3.63, 3.8) is 0 Å². The second-order valence-electron chi connectivity index (χ2n) is 8.26. The third kappa shape index (κ3) is 3.98. The number of ether oxygens (including phenoxy) is 1. The van der Waals surface area contributed by atoms with Crippen molar-refractivity contribution in [1.29, 1.82) is 0 Å². The average Bonchev–Trinajstić information content (AvgIpc) is 3.11. The fraction of sp³-hybridized carbons (Fsp3) is 0.619. The molecule has 3 heterocycles. The van der Waals surface area contributed by atoms with E-state index >= 15 is 0 Å². The molecule has 0 N–H and O–H groups in total. The van der Waals surface area contributed by atoms with Gasteiger partial charge in [0.25, 0.3) is 0 Å². The van der Waals surface area contributed by atoms with Crippen LogP contribution in [0.4, 0.5) is 4.79 Å². The second-order valence-corrected chi connectivity index (χ2v) is 10.4. The van der Waals surface area contributed by atoms with Gasteiger partial charge in [-0.3, -0.25) is 4.57 Å². The number of methoxy groups -OCH3 is 1. The monoisotopic (exact) mass is 450 g/mol. The lowest BCUT2D eigenvalue weighted by Crippen LogP contribution is -2.49. The van der Waals surface area contributed by atoms with Gasteiger partial charge in [-0.25, -0.2) is 18.0 Å². The Hall–Kier alpha value is -2.33. The van der Waals surface area contributed by atoms with Crippen molar-refractivity contribution in [2.24, 2.45) is 0 Å². The van der Waals surface area contributed by atoms with E-state index in [0.717, 1.165) is 42.7 Å². The molecule has 0 spiro atoms. The van der Waals surface area contributed by atoms with Crippen LogP contribution in [-0.4, -0.2) is 77.9 Å². The van der Waals surface area contributed by atoms with Crippen LogP contribution < -0.4 is 5.69 Å². The Morgan fingerprint density at radius 2 is 1.58 bits per heavy atom. The summed E-state index contributed by atoms with van der Waals surface area (Å²) in [5.74, 6) is -0.121. The molecular weight excluding hydrogens is 420 g/mol. The predicted molar refractivity (Wildman–Crippen MR) is 118 cm³/mol. The van der Waals surface area contributed by atoms with Gasteiger partial charge in [0, 0.05) is 38.3 Å². The first-order valence-electron chi connectivity index (χ1n) is 10.9. The van der Waals surface area contributed by atoms with E-state index in [1.165, 1.54) is 7.11 Å². The van der Waals surface area contributed by atoms with Crippen molar-refractivity contribution in [2.45, 2.75) is 44.7 Å². The van der Waals surface area contributed by atoms with Crippen molar-refractivity contribution in [3.8, 4) is 0 Å². The van der Waals surface area contributed by atoms with Gasteiger partial charge in [0.1, 0.15) is 0 Å².